The van der Waals surface area contributed by atoms with Gasteiger partial charge in [-0.25, -0.2) is 4.79 Å². The summed E-state index contributed by atoms with van der Waals surface area (Å²) in [6, 6.07) is 0. The topological polar surface area (TPSA) is 26.3 Å². The van der Waals surface area contributed by atoms with Crippen LogP contribution in [-0.4, -0.2) is 17.5 Å². The van der Waals surface area contributed by atoms with Crippen LogP contribution in [0.2, 0.25) is 0 Å². The first-order valence-electron chi connectivity index (χ1n) is 2.94. The maximum atomic E-state index is 10.5. The first-order valence-corrected chi connectivity index (χ1v) is 3.31. The fourth-order valence-electron chi connectivity index (χ4n) is 0.302. The minimum atomic E-state index is -0.487. The molecule has 0 bridgehead atoms. The zero-order valence-electron chi connectivity index (χ0n) is 6.19. The predicted molar refractivity (Wildman–Crippen MR) is 41.1 cm³/mol. The number of alkyl halides is 1. The lowest BCUT2D eigenvalue weighted by atomic mass is 10.2. The molecule has 0 rings (SSSR count). The molecule has 0 aliphatic heterocycles. The second kappa shape index (κ2) is 3.62. The van der Waals surface area contributed by atoms with Crippen LogP contribution in [0.15, 0.2) is 12.7 Å². The van der Waals surface area contributed by atoms with E-state index in [1.54, 1.807) is 13.8 Å². The van der Waals surface area contributed by atoms with E-state index in [0.29, 0.717) is 0 Å². The van der Waals surface area contributed by atoms with Crippen LogP contribution in [0, 0.1) is 0 Å². The second-order valence-corrected chi connectivity index (χ2v) is 3.55. The Morgan fingerprint density at radius 3 is 2.60 bits per heavy atom. The molecule has 0 amide bonds. The van der Waals surface area contributed by atoms with E-state index < -0.39 is 10.8 Å². The number of hydrogen-bond acceptors (Lipinski definition) is 2. The van der Waals surface area contributed by atoms with Crippen molar-refractivity contribution in [2.45, 2.75) is 18.7 Å². The van der Waals surface area contributed by atoms with Gasteiger partial charge in [0.15, 0.2) is 0 Å². The SMILES string of the molecule is C=CC(=O)OCC(C)(C)Cl. The molecule has 0 aromatic carbocycles. The lowest BCUT2D eigenvalue weighted by molar-refractivity contribution is -0.138. The smallest absolute Gasteiger partial charge is 0.330 e. The number of carbonyl (C=O) groups excluding carboxylic acids is 1. The molecule has 0 unspecified atom stereocenters. The molecule has 0 aromatic heterocycles. The van der Waals surface area contributed by atoms with E-state index in [9.17, 15) is 4.79 Å². The summed E-state index contributed by atoms with van der Waals surface area (Å²) in [5.74, 6) is -0.436. The quantitative estimate of drug-likeness (QED) is 0.359. The number of hydrogen-bond donors (Lipinski definition) is 0. The van der Waals surface area contributed by atoms with E-state index in [0.717, 1.165) is 6.08 Å². The predicted octanol–water partition coefficient (Wildman–Crippen LogP) is 1.73. The van der Waals surface area contributed by atoms with Crippen LogP contribution in [-0.2, 0) is 9.53 Å². The maximum Gasteiger partial charge on any atom is 0.330 e. The lowest BCUT2D eigenvalue weighted by Gasteiger charge is -2.13. The van der Waals surface area contributed by atoms with Gasteiger partial charge in [0, 0.05) is 6.08 Å². The number of esters is 1. The lowest BCUT2D eigenvalue weighted by Crippen LogP contribution is -2.20. The Balaban J connectivity index is 3.55. The highest BCUT2D eigenvalue weighted by Gasteiger charge is 2.14. The second-order valence-electron chi connectivity index (χ2n) is 2.53. The van der Waals surface area contributed by atoms with E-state index in [4.69, 9.17) is 11.6 Å². The van der Waals surface area contributed by atoms with E-state index in [2.05, 4.69) is 11.3 Å². The van der Waals surface area contributed by atoms with Gasteiger partial charge < -0.3 is 4.74 Å². The molecule has 0 saturated carbocycles. The molecular formula is C7H11ClO2. The molecule has 0 atom stereocenters. The molecule has 0 spiro atoms. The number of ether oxygens (including phenoxy) is 1. The molecule has 0 radical (unpaired) electrons. The molecule has 0 saturated heterocycles. The van der Waals surface area contributed by atoms with Gasteiger partial charge in [0.1, 0.15) is 6.61 Å². The molecule has 2 nitrogen and oxygen atoms in total. The van der Waals surface area contributed by atoms with Crippen LogP contribution in [0.4, 0.5) is 0 Å². The molecule has 0 heterocycles. The normalized spacial score (nSPS) is 10.7. The van der Waals surface area contributed by atoms with E-state index >= 15 is 0 Å². The Hall–Kier alpha value is -0.500. The van der Waals surface area contributed by atoms with Crippen molar-refractivity contribution in [3.05, 3.63) is 12.7 Å². The Morgan fingerprint density at radius 2 is 2.30 bits per heavy atom. The average Bonchev–Trinajstić information content (AvgIpc) is 1.81. The molecule has 0 fully saturated rings. The Labute approximate surface area is 65.8 Å². The van der Waals surface area contributed by atoms with Crippen LogP contribution in [0.3, 0.4) is 0 Å². The summed E-state index contributed by atoms with van der Waals surface area (Å²) in [5.41, 5.74) is 0. The van der Waals surface area contributed by atoms with Crippen molar-refractivity contribution in [3.8, 4) is 0 Å². The fourth-order valence-corrected chi connectivity index (χ4v) is 0.356. The van der Waals surface area contributed by atoms with Crippen molar-refractivity contribution in [2.75, 3.05) is 6.61 Å². The van der Waals surface area contributed by atoms with Gasteiger partial charge in [-0.3, -0.25) is 0 Å². The Morgan fingerprint density at radius 1 is 1.80 bits per heavy atom. The zero-order valence-corrected chi connectivity index (χ0v) is 6.94. The van der Waals surface area contributed by atoms with Gasteiger partial charge in [0.2, 0.25) is 0 Å². The number of carbonyl (C=O) groups is 1. The summed E-state index contributed by atoms with van der Waals surface area (Å²) in [5, 5.41) is 0. The fraction of sp³-hybridized carbons (Fsp3) is 0.571. The molecule has 0 N–H and O–H groups in total. The summed E-state index contributed by atoms with van der Waals surface area (Å²) < 4.78 is 4.67. The maximum absolute atomic E-state index is 10.5. The van der Waals surface area contributed by atoms with Crippen molar-refractivity contribution in [2.24, 2.45) is 0 Å². The molecule has 0 aromatic rings. The van der Waals surface area contributed by atoms with Crippen molar-refractivity contribution in [1.82, 2.24) is 0 Å². The highest BCUT2D eigenvalue weighted by Crippen LogP contribution is 2.12. The van der Waals surface area contributed by atoms with Gasteiger partial charge in [-0.05, 0) is 13.8 Å². The van der Waals surface area contributed by atoms with E-state index in [-0.39, 0.29) is 6.61 Å². The van der Waals surface area contributed by atoms with Crippen LogP contribution in [0.25, 0.3) is 0 Å². The van der Waals surface area contributed by atoms with Gasteiger partial charge in [0.25, 0.3) is 0 Å². The van der Waals surface area contributed by atoms with Gasteiger partial charge in [-0.15, -0.1) is 11.6 Å². The van der Waals surface area contributed by atoms with E-state index in [1.165, 1.54) is 0 Å². The third-order valence-corrected chi connectivity index (χ3v) is 0.833. The summed E-state index contributed by atoms with van der Waals surface area (Å²) in [4.78, 5) is 9.97. The van der Waals surface area contributed by atoms with Crippen LogP contribution < -0.4 is 0 Å². The third-order valence-electron chi connectivity index (χ3n) is 0.724. The first kappa shape index (κ1) is 9.50. The summed E-state index contributed by atoms with van der Waals surface area (Å²) in [6.45, 7) is 6.99. The van der Waals surface area contributed by atoms with Crippen molar-refractivity contribution < 1.29 is 9.53 Å². The molecule has 10 heavy (non-hydrogen) atoms. The summed E-state index contributed by atoms with van der Waals surface area (Å²) in [7, 11) is 0. The number of halogens is 1. The highest BCUT2D eigenvalue weighted by molar-refractivity contribution is 6.23. The Bertz CT molecular complexity index is 135. The first-order chi connectivity index (χ1) is 4.45. The summed E-state index contributed by atoms with van der Waals surface area (Å²) in [6.07, 6.45) is 1.11. The van der Waals surface area contributed by atoms with Crippen LogP contribution >= 0.6 is 11.6 Å². The molecule has 0 aliphatic rings. The van der Waals surface area contributed by atoms with Crippen LogP contribution in [0.5, 0.6) is 0 Å². The zero-order chi connectivity index (χ0) is 8.20. The molecular weight excluding hydrogens is 152 g/mol. The summed E-state index contributed by atoms with van der Waals surface area (Å²) >= 11 is 5.72. The van der Waals surface area contributed by atoms with Gasteiger partial charge in [-0.1, -0.05) is 6.58 Å². The van der Waals surface area contributed by atoms with Crippen molar-refractivity contribution in [1.29, 1.82) is 0 Å². The largest absolute Gasteiger partial charge is 0.461 e. The number of rotatable bonds is 3. The third kappa shape index (κ3) is 5.63. The Kier molecular flexibility index (Phi) is 3.43. The monoisotopic (exact) mass is 162 g/mol. The van der Waals surface area contributed by atoms with Crippen molar-refractivity contribution >= 4 is 17.6 Å². The molecule has 0 aliphatic carbocycles. The van der Waals surface area contributed by atoms with Crippen LogP contribution in [0.1, 0.15) is 13.8 Å². The average molecular weight is 163 g/mol. The minimum absolute atomic E-state index is 0.208. The van der Waals surface area contributed by atoms with E-state index in [1.807, 2.05) is 0 Å². The highest BCUT2D eigenvalue weighted by atomic mass is 35.5. The van der Waals surface area contributed by atoms with Gasteiger partial charge >= 0.3 is 5.97 Å². The molecule has 58 valence electrons. The van der Waals surface area contributed by atoms with Gasteiger partial charge in [0.05, 0.1) is 4.87 Å². The van der Waals surface area contributed by atoms with Crippen molar-refractivity contribution in [3.63, 3.8) is 0 Å². The van der Waals surface area contributed by atoms with Gasteiger partial charge in [-0.2, -0.15) is 0 Å². The molecule has 3 heteroatoms. The minimum Gasteiger partial charge on any atom is -0.461 e. The standard InChI is InChI=1S/C7H11ClO2/c1-4-6(9)10-5-7(2,3)8/h4H,1,5H2,2-3H3.